The number of nitro groups is 1. The minimum Gasteiger partial charge on any atom is -0.440 e. The van der Waals surface area contributed by atoms with E-state index in [4.69, 9.17) is 4.42 Å². The molecule has 2 heterocycles. The van der Waals surface area contributed by atoms with Crippen LogP contribution in [0.25, 0.3) is 11.1 Å². The number of hydrogen-bond acceptors (Lipinski definition) is 8. The van der Waals surface area contributed by atoms with Gasteiger partial charge in [0.1, 0.15) is 5.52 Å². The summed E-state index contributed by atoms with van der Waals surface area (Å²) in [7, 11) is 0. The topological polar surface area (TPSA) is 113 Å². The lowest BCUT2D eigenvalue weighted by Gasteiger charge is -2.19. The van der Waals surface area contributed by atoms with Crippen molar-refractivity contribution in [3.05, 3.63) is 34.2 Å². The average molecular weight is 334 g/mol. The van der Waals surface area contributed by atoms with Crippen LogP contribution in [-0.2, 0) is 11.3 Å². The highest BCUT2D eigenvalue weighted by Crippen LogP contribution is 2.27. The summed E-state index contributed by atoms with van der Waals surface area (Å²) in [5.74, 6) is 0.896. The van der Waals surface area contributed by atoms with E-state index in [1.807, 2.05) is 20.8 Å². The monoisotopic (exact) mass is 334 g/mol. The van der Waals surface area contributed by atoms with Gasteiger partial charge in [0.25, 0.3) is 5.69 Å². The van der Waals surface area contributed by atoms with E-state index in [0.717, 1.165) is 0 Å². The molecule has 0 fully saturated rings. The second-order valence-corrected chi connectivity index (χ2v) is 6.79. The highest BCUT2D eigenvalue weighted by molar-refractivity contribution is 7.98. The van der Waals surface area contributed by atoms with E-state index in [1.165, 1.54) is 23.9 Å². The van der Waals surface area contributed by atoms with Crippen LogP contribution in [0.1, 0.15) is 26.7 Å². The summed E-state index contributed by atoms with van der Waals surface area (Å²) in [4.78, 5) is 14.6. The van der Waals surface area contributed by atoms with Crippen LogP contribution in [0, 0.1) is 10.1 Å². The lowest BCUT2D eigenvalue weighted by Crippen LogP contribution is -2.24. The van der Waals surface area contributed by atoms with Gasteiger partial charge in [0.05, 0.1) is 16.2 Å². The van der Waals surface area contributed by atoms with Crippen LogP contribution >= 0.6 is 11.8 Å². The van der Waals surface area contributed by atoms with Gasteiger partial charge in [0, 0.05) is 12.1 Å². The van der Waals surface area contributed by atoms with Gasteiger partial charge in [-0.25, -0.2) is 9.67 Å². The molecule has 23 heavy (non-hydrogen) atoms. The lowest BCUT2D eigenvalue weighted by molar-refractivity contribution is -0.384. The number of fused-ring (bicyclic) bond motifs is 1. The maximum absolute atomic E-state index is 10.8. The van der Waals surface area contributed by atoms with Gasteiger partial charge < -0.3 is 4.42 Å². The molecule has 0 spiro atoms. The van der Waals surface area contributed by atoms with E-state index in [1.54, 1.807) is 10.7 Å². The van der Waals surface area contributed by atoms with Gasteiger partial charge in [-0.3, -0.25) is 10.1 Å². The first-order valence-corrected chi connectivity index (χ1v) is 7.79. The average Bonchev–Trinajstić information content (AvgIpc) is 3.09. The molecule has 120 valence electrons. The van der Waals surface area contributed by atoms with E-state index in [2.05, 4.69) is 20.5 Å². The lowest BCUT2D eigenvalue weighted by atomic mass is 10.1. The zero-order valence-electron chi connectivity index (χ0n) is 12.8. The first kappa shape index (κ1) is 15.4. The number of aromatic nitrogens is 5. The molecule has 0 saturated carbocycles. The fraction of sp³-hybridized carbons (Fsp3) is 0.385. The Morgan fingerprint density at radius 2 is 2.17 bits per heavy atom. The molecule has 0 aliphatic carbocycles. The van der Waals surface area contributed by atoms with Gasteiger partial charge in [-0.2, -0.15) is 0 Å². The van der Waals surface area contributed by atoms with Gasteiger partial charge >= 0.3 is 0 Å². The molecular formula is C13H14N6O3S. The van der Waals surface area contributed by atoms with Crippen molar-refractivity contribution in [3.63, 3.8) is 0 Å². The van der Waals surface area contributed by atoms with Gasteiger partial charge in [-0.1, -0.05) is 11.8 Å². The second-order valence-electron chi connectivity index (χ2n) is 5.85. The molecule has 3 rings (SSSR count). The zero-order chi connectivity index (χ0) is 16.6. The summed E-state index contributed by atoms with van der Waals surface area (Å²) in [6.07, 6.45) is 0. The molecule has 0 saturated heterocycles. The van der Waals surface area contributed by atoms with Crippen molar-refractivity contribution in [1.29, 1.82) is 0 Å². The normalized spacial score (nSPS) is 12.0. The van der Waals surface area contributed by atoms with Crippen molar-refractivity contribution < 1.29 is 9.34 Å². The standard InChI is InChI=1S/C13H14N6O3S/c1-13(2,3)18-12(15-16-17-18)23-7-11-14-9-6-8(19(20)21)4-5-10(9)22-11/h4-6H,7H2,1-3H3. The summed E-state index contributed by atoms with van der Waals surface area (Å²) < 4.78 is 7.32. The minimum atomic E-state index is -0.458. The molecule has 0 atom stereocenters. The van der Waals surface area contributed by atoms with E-state index >= 15 is 0 Å². The summed E-state index contributed by atoms with van der Waals surface area (Å²) >= 11 is 1.40. The Kier molecular flexibility index (Phi) is 3.76. The third kappa shape index (κ3) is 3.16. The molecule has 0 aliphatic heterocycles. The number of nitro benzene ring substituents is 1. The van der Waals surface area contributed by atoms with E-state index in [9.17, 15) is 10.1 Å². The number of hydrogen-bond donors (Lipinski definition) is 0. The van der Waals surface area contributed by atoms with E-state index in [-0.39, 0.29) is 11.2 Å². The van der Waals surface area contributed by atoms with Gasteiger partial charge in [0.15, 0.2) is 5.58 Å². The van der Waals surface area contributed by atoms with Crippen molar-refractivity contribution in [2.45, 2.75) is 37.2 Å². The first-order chi connectivity index (χ1) is 10.8. The number of non-ortho nitro benzene ring substituents is 1. The highest BCUT2D eigenvalue weighted by atomic mass is 32.2. The molecule has 1 aromatic carbocycles. The first-order valence-electron chi connectivity index (χ1n) is 6.80. The largest absolute Gasteiger partial charge is 0.440 e. The van der Waals surface area contributed by atoms with E-state index < -0.39 is 4.92 Å². The van der Waals surface area contributed by atoms with Crippen LogP contribution in [0.3, 0.4) is 0 Å². The smallest absolute Gasteiger partial charge is 0.271 e. The van der Waals surface area contributed by atoms with Crippen LogP contribution < -0.4 is 0 Å². The molecule has 0 unspecified atom stereocenters. The fourth-order valence-corrected chi connectivity index (χ4v) is 2.86. The summed E-state index contributed by atoms with van der Waals surface area (Å²) in [6.45, 7) is 6.02. The highest BCUT2D eigenvalue weighted by Gasteiger charge is 2.20. The number of oxazole rings is 1. The number of rotatable bonds is 4. The van der Waals surface area contributed by atoms with Gasteiger partial charge in [-0.05, 0) is 37.3 Å². The van der Waals surface area contributed by atoms with Crippen molar-refractivity contribution in [1.82, 2.24) is 25.2 Å². The Labute approximate surface area is 135 Å². The van der Waals surface area contributed by atoms with Crippen LogP contribution in [0.5, 0.6) is 0 Å². The van der Waals surface area contributed by atoms with Crippen LogP contribution in [0.15, 0.2) is 27.8 Å². The fourth-order valence-electron chi connectivity index (χ4n) is 1.96. The second kappa shape index (κ2) is 5.61. The van der Waals surface area contributed by atoms with Gasteiger partial charge in [-0.15, -0.1) is 5.10 Å². The number of nitrogens with zero attached hydrogens (tertiary/aromatic N) is 6. The predicted molar refractivity (Wildman–Crippen MR) is 83.0 cm³/mol. The number of thioether (sulfide) groups is 1. The number of benzene rings is 1. The molecule has 3 aromatic rings. The van der Waals surface area contributed by atoms with Crippen LogP contribution in [0.4, 0.5) is 5.69 Å². The van der Waals surface area contributed by atoms with Crippen molar-refractivity contribution in [2.75, 3.05) is 0 Å². The number of tetrazole rings is 1. The minimum absolute atomic E-state index is 0.0123. The molecule has 2 aromatic heterocycles. The Morgan fingerprint density at radius 1 is 1.39 bits per heavy atom. The summed E-state index contributed by atoms with van der Waals surface area (Å²) in [5.41, 5.74) is 0.738. The molecule has 0 amide bonds. The van der Waals surface area contributed by atoms with Crippen LogP contribution in [0.2, 0.25) is 0 Å². The quantitative estimate of drug-likeness (QED) is 0.406. The van der Waals surface area contributed by atoms with E-state index in [0.29, 0.717) is 27.9 Å². The predicted octanol–water partition coefficient (Wildman–Crippen LogP) is 2.77. The van der Waals surface area contributed by atoms with Crippen molar-refractivity contribution in [3.8, 4) is 0 Å². The Morgan fingerprint density at radius 3 is 2.87 bits per heavy atom. The molecule has 0 aliphatic rings. The molecule has 0 N–H and O–H groups in total. The van der Waals surface area contributed by atoms with Crippen molar-refractivity contribution in [2.24, 2.45) is 0 Å². The zero-order valence-corrected chi connectivity index (χ0v) is 13.6. The Balaban J connectivity index is 1.80. The molecular weight excluding hydrogens is 320 g/mol. The Bertz CT molecular complexity index is 866. The third-order valence-electron chi connectivity index (χ3n) is 3.03. The SMILES string of the molecule is CC(C)(C)n1nnnc1SCc1nc2cc([N+](=O)[O-])ccc2o1. The summed E-state index contributed by atoms with van der Waals surface area (Å²) in [6, 6.07) is 4.34. The van der Waals surface area contributed by atoms with Gasteiger partial charge in [0.2, 0.25) is 11.0 Å². The maximum Gasteiger partial charge on any atom is 0.271 e. The summed E-state index contributed by atoms with van der Waals surface area (Å²) in [5, 5.41) is 23.1. The van der Waals surface area contributed by atoms with Crippen molar-refractivity contribution >= 4 is 28.5 Å². The molecule has 0 radical (unpaired) electrons. The maximum atomic E-state index is 10.8. The third-order valence-corrected chi connectivity index (χ3v) is 3.93. The molecule has 0 bridgehead atoms. The molecule has 9 nitrogen and oxygen atoms in total. The molecule has 10 heteroatoms. The van der Waals surface area contributed by atoms with Crippen LogP contribution in [-0.4, -0.2) is 30.1 Å². The Hall–Kier alpha value is -2.49.